The topological polar surface area (TPSA) is 110 Å². The largest absolute Gasteiger partial charge is 0.511 e. The fourth-order valence-corrected chi connectivity index (χ4v) is 3.35. The lowest BCUT2D eigenvalue weighted by Gasteiger charge is -2.05. The third-order valence-corrected chi connectivity index (χ3v) is 4.62. The van der Waals surface area contributed by atoms with Crippen molar-refractivity contribution in [2.45, 2.75) is 9.79 Å². The molecule has 8 nitrogen and oxygen atoms in total. The number of fused-ring (bicyclic) bond motifs is 1. The minimum absolute atomic E-state index is 0.0265. The SMILES string of the molecule is O=C(O)Oc1cnn(-c2nc3cc(Sc4ccccc4)ccc3c(=O)[nH]2)c1. The molecule has 4 aromatic rings. The van der Waals surface area contributed by atoms with Gasteiger partial charge in [-0.25, -0.2) is 14.5 Å². The zero-order valence-electron chi connectivity index (χ0n) is 13.7. The second kappa shape index (κ2) is 6.96. The first-order chi connectivity index (χ1) is 13.1. The van der Waals surface area contributed by atoms with Gasteiger partial charge in [-0.3, -0.25) is 9.78 Å². The highest BCUT2D eigenvalue weighted by atomic mass is 32.2. The van der Waals surface area contributed by atoms with Crippen LogP contribution in [0.4, 0.5) is 4.79 Å². The van der Waals surface area contributed by atoms with Crippen LogP contribution in [0.3, 0.4) is 0 Å². The predicted octanol–water partition coefficient (Wildman–Crippen LogP) is 3.32. The Kier molecular flexibility index (Phi) is 4.35. The van der Waals surface area contributed by atoms with Crippen LogP contribution in [0.25, 0.3) is 16.9 Å². The Bertz CT molecular complexity index is 1190. The van der Waals surface area contributed by atoms with Crippen LogP contribution >= 0.6 is 11.8 Å². The van der Waals surface area contributed by atoms with E-state index in [1.165, 1.54) is 17.1 Å². The summed E-state index contributed by atoms with van der Waals surface area (Å²) in [6.45, 7) is 0. The van der Waals surface area contributed by atoms with Gasteiger partial charge in [-0.1, -0.05) is 30.0 Å². The van der Waals surface area contributed by atoms with Gasteiger partial charge in [0.2, 0.25) is 5.95 Å². The molecule has 134 valence electrons. The molecule has 27 heavy (non-hydrogen) atoms. The van der Waals surface area contributed by atoms with Crippen LogP contribution in [-0.2, 0) is 0 Å². The third kappa shape index (κ3) is 3.67. The zero-order chi connectivity index (χ0) is 18.8. The Balaban J connectivity index is 1.71. The highest BCUT2D eigenvalue weighted by Crippen LogP contribution is 2.28. The molecule has 0 aliphatic heterocycles. The molecule has 0 aliphatic carbocycles. The fourth-order valence-electron chi connectivity index (χ4n) is 2.48. The molecule has 0 atom stereocenters. The average molecular weight is 380 g/mol. The Morgan fingerprint density at radius 3 is 2.74 bits per heavy atom. The summed E-state index contributed by atoms with van der Waals surface area (Å²) in [5, 5.41) is 13.1. The van der Waals surface area contributed by atoms with Gasteiger partial charge in [0, 0.05) is 9.79 Å². The normalized spacial score (nSPS) is 10.8. The molecule has 0 saturated heterocycles. The highest BCUT2D eigenvalue weighted by molar-refractivity contribution is 7.99. The molecule has 0 amide bonds. The van der Waals surface area contributed by atoms with Gasteiger partial charge in [0.05, 0.1) is 23.3 Å². The number of rotatable bonds is 4. The molecule has 2 aromatic heterocycles. The number of ether oxygens (including phenoxy) is 1. The fraction of sp³-hybridized carbons (Fsp3) is 0. The van der Waals surface area contributed by atoms with Crippen molar-refractivity contribution < 1.29 is 14.6 Å². The van der Waals surface area contributed by atoms with Gasteiger partial charge in [-0.05, 0) is 30.3 Å². The van der Waals surface area contributed by atoms with Gasteiger partial charge in [0.1, 0.15) is 0 Å². The van der Waals surface area contributed by atoms with E-state index in [2.05, 4.69) is 19.8 Å². The standard InChI is InChI=1S/C18H12N4O4S/c23-16-14-7-6-13(27-12-4-2-1-3-5-12)8-15(14)20-17(21-16)22-10-11(9-19-22)26-18(24)25/h1-10H,(H,24,25)(H,20,21,23). The van der Waals surface area contributed by atoms with Crippen molar-refractivity contribution >= 4 is 28.8 Å². The molecule has 0 radical (unpaired) electrons. The van der Waals surface area contributed by atoms with Crippen LogP contribution in [-0.4, -0.2) is 31.0 Å². The first-order valence-electron chi connectivity index (χ1n) is 7.81. The second-order valence-electron chi connectivity index (χ2n) is 5.47. The Morgan fingerprint density at radius 1 is 1.15 bits per heavy atom. The molecular formula is C18H12N4O4S. The van der Waals surface area contributed by atoms with E-state index >= 15 is 0 Å². The number of nitrogens with zero attached hydrogens (tertiary/aromatic N) is 3. The van der Waals surface area contributed by atoms with Crippen molar-refractivity contribution in [3.05, 3.63) is 71.3 Å². The van der Waals surface area contributed by atoms with E-state index in [1.807, 2.05) is 42.5 Å². The number of nitrogens with one attached hydrogen (secondary N) is 1. The number of carboxylic acid groups (broad SMARTS) is 1. The minimum atomic E-state index is -1.45. The van der Waals surface area contributed by atoms with Crippen molar-refractivity contribution in [3.8, 4) is 11.7 Å². The van der Waals surface area contributed by atoms with Gasteiger partial charge in [-0.2, -0.15) is 5.10 Å². The van der Waals surface area contributed by atoms with E-state index in [0.29, 0.717) is 10.9 Å². The van der Waals surface area contributed by atoms with Gasteiger partial charge in [-0.15, -0.1) is 0 Å². The van der Waals surface area contributed by atoms with Gasteiger partial charge in [0.15, 0.2) is 5.75 Å². The number of hydrogen-bond acceptors (Lipinski definition) is 6. The van der Waals surface area contributed by atoms with Crippen molar-refractivity contribution in [1.82, 2.24) is 19.7 Å². The summed E-state index contributed by atoms with van der Waals surface area (Å²) in [4.78, 5) is 32.0. The number of carbonyl (C=O) groups is 1. The molecule has 2 aromatic carbocycles. The summed E-state index contributed by atoms with van der Waals surface area (Å²) in [6, 6.07) is 15.3. The van der Waals surface area contributed by atoms with Crippen LogP contribution in [0.15, 0.2) is 75.5 Å². The molecule has 4 rings (SSSR count). The molecule has 2 N–H and O–H groups in total. The first kappa shape index (κ1) is 16.9. The lowest BCUT2D eigenvalue weighted by Crippen LogP contribution is -2.13. The van der Waals surface area contributed by atoms with Gasteiger partial charge < -0.3 is 9.84 Å². The summed E-state index contributed by atoms with van der Waals surface area (Å²) in [5.74, 6) is 0.188. The van der Waals surface area contributed by atoms with Crippen LogP contribution in [0, 0.1) is 0 Å². The molecule has 0 saturated carbocycles. The average Bonchev–Trinajstić information content (AvgIpc) is 3.10. The number of aromatic amines is 1. The minimum Gasteiger partial charge on any atom is -0.449 e. The molecule has 2 heterocycles. The summed E-state index contributed by atoms with van der Waals surface area (Å²) in [5.41, 5.74) is 0.188. The van der Waals surface area contributed by atoms with E-state index < -0.39 is 6.16 Å². The molecular weight excluding hydrogens is 368 g/mol. The molecule has 9 heteroatoms. The van der Waals surface area contributed by atoms with Crippen molar-refractivity contribution in [3.63, 3.8) is 0 Å². The first-order valence-corrected chi connectivity index (χ1v) is 8.63. The van der Waals surface area contributed by atoms with Crippen LogP contribution in [0.2, 0.25) is 0 Å². The summed E-state index contributed by atoms with van der Waals surface area (Å²) in [6.07, 6.45) is 1.10. The Labute approximate surface area is 156 Å². The number of hydrogen-bond donors (Lipinski definition) is 2. The van der Waals surface area contributed by atoms with Gasteiger partial charge >= 0.3 is 6.16 Å². The lowest BCUT2D eigenvalue weighted by molar-refractivity contribution is 0.144. The Hall–Kier alpha value is -3.59. The maximum absolute atomic E-state index is 12.4. The maximum Gasteiger partial charge on any atom is 0.511 e. The molecule has 0 unspecified atom stereocenters. The Morgan fingerprint density at radius 2 is 1.96 bits per heavy atom. The number of aromatic nitrogens is 4. The highest BCUT2D eigenvalue weighted by Gasteiger charge is 2.10. The van der Waals surface area contributed by atoms with Gasteiger partial charge in [0.25, 0.3) is 5.56 Å². The quantitative estimate of drug-likeness (QED) is 0.523. The van der Waals surface area contributed by atoms with E-state index in [1.54, 1.807) is 17.8 Å². The van der Waals surface area contributed by atoms with Crippen LogP contribution in [0.5, 0.6) is 5.75 Å². The zero-order valence-corrected chi connectivity index (χ0v) is 14.5. The van der Waals surface area contributed by atoms with E-state index in [-0.39, 0.29) is 17.3 Å². The molecule has 0 bridgehead atoms. The van der Waals surface area contributed by atoms with Crippen LogP contribution < -0.4 is 10.3 Å². The van der Waals surface area contributed by atoms with E-state index in [9.17, 15) is 9.59 Å². The molecule has 0 spiro atoms. The monoisotopic (exact) mass is 380 g/mol. The van der Waals surface area contributed by atoms with Crippen molar-refractivity contribution in [2.24, 2.45) is 0 Å². The maximum atomic E-state index is 12.4. The predicted molar refractivity (Wildman–Crippen MR) is 98.7 cm³/mol. The summed E-state index contributed by atoms with van der Waals surface area (Å²) < 4.78 is 5.78. The molecule has 0 aliphatic rings. The smallest absolute Gasteiger partial charge is 0.449 e. The van der Waals surface area contributed by atoms with Crippen LogP contribution in [0.1, 0.15) is 0 Å². The van der Waals surface area contributed by atoms with Crippen molar-refractivity contribution in [2.75, 3.05) is 0 Å². The summed E-state index contributed by atoms with van der Waals surface area (Å²) in [7, 11) is 0. The second-order valence-corrected chi connectivity index (χ2v) is 6.62. The number of benzene rings is 2. The lowest BCUT2D eigenvalue weighted by atomic mass is 10.2. The van der Waals surface area contributed by atoms with E-state index in [4.69, 9.17) is 5.11 Å². The van der Waals surface area contributed by atoms with E-state index in [0.717, 1.165) is 9.79 Å². The third-order valence-electron chi connectivity index (χ3n) is 3.63. The molecule has 0 fully saturated rings. The summed E-state index contributed by atoms with van der Waals surface area (Å²) >= 11 is 1.56. The number of H-pyrrole nitrogens is 1. The van der Waals surface area contributed by atoms with Crippen molar-refractivity contribution in [1.29, 1.82) is 0 Å².